The lowest BCUT2D eigenvalue weighted by Gasteiger charge is -2.10. The van der Waals surface area contributed by atoms with E-state index in [1.807, 2.05) is 0 Å². The van der Waals surface area contributed by atoms with Crippen LogP contribution in [-0.4, -0.2) is 14.3 Å². The van der Waals surface area contributed by atoms with E-state index in [-0.39, 0.29) is 27.7 Å². The Labute approximate surface area is 177 Å². The average molecular weight is 453 g/mol. The van der Waals surface area contributed by atoms with Gasteiger partial charge in [-0.25, -0.2) is 17.5 Å². The second-order valence-corrected chi connectivity index (χ2v) is 8.64. The van der Waals surface area contributed by atoms with Crippen molar-refractivity contribution < 1.29 is 17.6 Å². The highest BCUT2D eigenvalue weighted by Crippen LogP contribution is 2.22. The van der Waals surface area contributed by atoms with Gasteiger partial charge in [0.1, 0.15) is 5.82 Å². The topological polar surface area (TPSA) is 75.3 Å². The van der Waals surface area contributed by atoms with Crippen LogP contribution >= 0.6 is 23.2 Å². The third kappa shape index (κ3) is 5.33. The lowest BCUT2D eigenvalue weighted by atomic mass is 10.2. The number of anilines is 1. The first-order valence-corrected chi connectivity index (χ1v) is 10.6. The van der Waals surface area contributed by atoms with Crippen molar-refractivity contribution in [3.05, 3.63) is 93.7 Å². The summed E-state index contributed by atoms with van der Waals surface area (Å²) in [6.45, 7) is 0.0200. The Hall–Kier alpha value is -2.45. The van der Waals surface area contributed by atoms with Gasteiger partial charge in [-0.15, -0.1) is 0 Å². The van der Waals surface area contributed by atoms with Gasteiger partial charge in [0.25, 0.3) is 5.91 Å². The number of nitrogens with one attached hydrogen (secondary N) is 2. The van der Waals surface area contributed by atoms with Crippen LogP contribution in [0.1, 0.15) is 15.9 Å². The van der Waals surface area contributed by atoms with Gasteiger partial charge in [0.15, 0.2) is 0 Å². The van der Waals surface area contributed by atoms with Crippen molar-refractivity contribution in [2.45, 2.75) is 11.4 Å². The standard InChI is InChI=1S/C20H15Cl2FN2O3S/c21-14-7-5-13(6-8-14)12-24-29(27,28)15-9-10-19(18(23)11-15)25-20(26)16-3-1-2-4-17(16)22/h1-11,24H,12H2,(H,25,26). The molecule has 0 spiro atoms. The largest absolute Gasteiger partial charge is 0.319 e. The molecular formula is C20H15Cl2FN2O3S. The van der Waals surface area contributed by atoms with Gasteiger partial charge in [-0.2, -0.15) is 0 Å². The Balaban J connectivity index is 1.73. The molecule has 3 aromatic carbocycles. The summed E-state index contributed by atoms with van der Waals surface area (Å²) in [6, 6.07) is 16.2. The third-order valence-corrected chi connectivity index (χ3v) is 5.98. The first kappa shape index (κ1) is 21.3. The summed E-state index contributed by atoms with van der Waals surface area (Å²) in [5, 5.41) is 3.14. The molecule has 150 valence electrons. The molecule has 0 fully saturated rings. The molecule has 0 aromatic heterocycles. The number of sulfonamides is 1. The van der Waals surface area contributed by atoms with Crippen LogP contribution in [0.3, 0.4) is 0 Å². The van der Waals surface area contributed by atoms with E-state index in [9.17, 15) is 17.6 Å². The van der Waals surface area contributed by atoms with Gasteiger partial charge >= 0.3 is 0 Å². The fraction of sp³-hybridized carbons (Fsp3) is 0.0500. The first-order chi connectivity index (χ1) is 13.8. The number of benzene rings is 3. The number of hydrogen-bond donors (Lipinski definition) is 2. The zero-order chi connectivity index (χ0) is 21.0. The van der Waals surface area contributed by atoms with Crippen LogP contribution in [0.2, 0.25) is 10.0 Å². The minimum absolute atomic E-state index is 0.0200. The van der Waals surface area contributed by atoms with E-state index in [2.05, 4.69) is 10.0 Å². The first-order valence-electron chi connectivity index (χ1n) is 8.36. The summed E-state index contributed by atoms with van der Waals surface area (Å²) in [5.74, 6) is -1.49. The molecule has 0 aliphatic rings. The SMILES string of the molecule is O=C(Nc1ccc(S(=O)(=O)NCc2ccc(Cl)cc2)cc1F)c1ccccc1Cl. The van der Waals surface area contributed by atoms with Crippen LogP contribution in [0, 0.1) is 5.82 Å². The Morgan fingerprint density at radius 3 is 2.31 bits per heavy atom. The molecule has 0 aliphatic carbocycles. The van der Waals surface area contributed by atoms with Crippen LogP contribution < -0.4 is 10.0 Å². The molecule has 0 atom stereocenters. The van der Waals surface area contributed by atoms with Crippen molar-refractivity contribution in [3.8, 4) is 0 Å². The lowest BCUT2D eigenvalue weighted by Crippen LogP contribution is -2.23. The Morgan fingerprint density at radius 1 is 0.966 bits per heavy atom. The maximum Gasteiger partial charge on any atom is 0.257 e. The predicted molar refractivity (Wildman–Crippen MR) is 111 cm³/mol. The van der Waals surface area contributed by atoms with Crippen LogP contribution in [0.15, 0.2) is 71.6 Å². The zero-order valence-electron chi connectivity index (χ0n) is 14.8. The minimum atomic E-state index is -3.95. The lowest BCUT2D eigenvalue weighted by molar-refractivity contribution is 0.102. The van der Waals surface area contributed by atoms with Gasteiger partial charge in [0.05, 0.1) is 21.2 Å². The van der Waals surface area contributed by atoms with Crippen LogP contribution in [0.5, 0.6) is 0 Å². The molecule has 9 heteroatoms. The summed E-state index contributed by atoms with van der Waals surface area (Å²) < 4.78 is 41.6. The van der Waals surface area contributed by atoms with Gasteiger partial charge < -0.3 is 5.32 Å². The number of carbonyl (C=O) groups is 1. The van der Waals surface area contributed by atoms with E-state index in [1.165, 1.54) is 24.3 Å². The van der Waals surface area contributed by atoms with Crippen molar-refractivity contribution in [2.75, 3.05) is 5.32 Å². The summed E-state index contributed by atoms with van der Waals surface area (Å²) in [6.07, 6.45) is 0. The molecule has 0 saturated carbocycles. The van der Waals surface area contributed by atoms with E-state index in [0.717, 1.165) is 6.07 Å². The summed E-state index contributed by atoms with van der Waals surface area (Å²) in [5.41, 5.74) is 0.712. The maximum atomic E-state index is 14.4. The van der Waals surface area contributed by atoms with Crippen molar-refractivity contribution >= 4 is 44.8 Å². The second kappa shape index (κ2) is 8.92. The molecule has 0 aliphatic heterocycles. The molecule has 0 radical (unpaired) electrons. The molecule has 5 nitrogen and oxygen atoms in total. The molecule has 3 rings (SSSR count). The molecular weight excluding hydrogens is 438 g/mol. The van der Waals surface area contributed by atoms with Gasteiger partial charge in [0, 0.05) is 11.6 Å². The smallest absolute Gasteiger partial charge is 0.257 e. The molecule has 0 heterocycles. The number of hydrogen-bond acceptors (Lipinski definition) is 3. The van der Waals surface area contributed by atoms with Gasteiger partial charge in [-0.3, -0.25) is 4.79 Å². The minimum Gasteiger partial charge on any atom is -0.319 e. The van der Waals surface area contributed by atoms with Crippen molar-refractivity contribution in [3.63, 3.8) is 0 Å². The predicted octanol–water partition coefficient (Wildman–Crippen LogP) is 4.86. The molecule has 29 heavy (non-hydrogen) atoms. The molecule has 0 unspecified atom stereocenters. The number of amides is 1. The van der Waals surface area contributed by atoms with Crippen molar-refractivity contribution in [1.29, 1.82) is 0 Å². The van der Waals surface area contributed by atoms with Crippen LogP contribution in [0.25, 0.3) is 0 Å². The summed E-state index contributed by atoms with van der Waals surface area (Å²) >= 11 is 11.8. The van der Waals surface area contributed by atoms with E-state index >= 15 is 0 Å². The van der Waals surface area contributed by atoms with E-state index < -0.39 is 21.7 Å². The highest BCUT2D eigenvalue weighted by Gasteiger charge is 2.18. The second-order valence-electron chi connectivity index (χ2n) is 6.03. The molecule has 0 saturated heterocycles. The zero-order valence-corrected chi connectivity index (χ0v) is 17.2. The molecule has 3 aromatic rings. The summed E-state index contributed by atoms with van der Waals surface area (Å²) in [7, 11) is -3.95. The van der Waals surface area contributed by atoms with Crippen LogP contribution in [-0.2, 0) is 16.6 Å². The number of halogens is 3. The number of rotatable bonds is 6. The fourth-order valence-electron chi connectivity index (χ4n) is 2.46. The van der Waals surface area contributed by atoms with Gasteiger partial charge in [-0.1, -0.05) is 47.5 Å². The van der Waals surface area contributed by atoms with E-state index in [0.29, 0.717) is 10.6 Å². The number of carbonyl (C=O) groups excluding carboxylic acids is 1. The van der Waals surface area contributed by atoms with Crippen LogP contribution in [0.4, 0.5) is 10.1 Å². The third-order valence-electron chi connectivity index (χ3n) is 4.00. The average Bonchev–Trinajstić information content (AvgIpc) is 2.69. The van der Waals surface area contributed by atoms with E-state index in [1.54, 1.807) is 36.4 Å². The summed E-state index contributed by atoms with van der Waals surface area (Å²) in [4.78, 5) is 12.0. The molecule has 1 amide bonds. The Kier molecular flexibility index (Phi) is 6.54. The monoisotopic (exact) mass is 452 g/mol. The van der Waals surface area contributed by atoms with Gasteiger partial charge in [0.2, 0.25) is 10.0 Å². The highest BCUT2D eigenvalue weighted by molar-refractivity contribution is 7.89. The van der Waals surface area contributed by atoms with E-state index in [4.69, 9.17) is 23.2 Å². The molecule has 0 bridgehead atoms. The normalized spacial score (nSPS) is 11.3. The van der Waals surface area contributed by atoms with Crippen molar-refractivity contribution in [2.24, 2.45) is 0 Å². The fourth-order valence-corrected chi connectivity index (χ4v) is 3.84. The maximum absolute atomic E-state index is 14.4. The van der Waals surface area contributed by atoms with Crippen molar-refractivity contribution in [1.82, 2.24) is 4.72 Å². The van der Waals surface area contributed by atoms with Gasteiger partial charge in [-0.05, 0) is 48.0 Å². The highest BCUT2D eigenvalue weighted by atomic mass is 35.5. The quantitative estimate of drug-likeness (QED) is 0.560. The Bertz CT molecular complexity index is 1150. The molecule has 2 N–H and O–H groups in total. The Morgan fingerprint density at radius 2 is 1.66 bits per heavy atom.